The first-order valence-electron chi connectivity index (χ1n) is 8.67. The molecule has 1 amide bonds. The Labute approximate surface area is 154 Å². The summed E-state index contributed by atoms with van der Waals surface area (Å²) in [6, 6.07) is 2.77. The summed E-state index contributed by atoms with van der Waals surface area (Å²) in [6.45, 7) is 1.49. The largest absolute Gasteiger partial charge is 0.510 e. The highest BCUT2D eigenvalue weighted by Gasteiger charge is 2.51. The van der Waals surface area contributed by atoms with Gasteiger partial charge in [0.1, 0.15) is 22.6 Å². The van der Waals surface area contributed by atoms with Gasteiger partial charge in [-0.15, -0.1) is 0 Å². The fraction of sp³-hybridized carbons (Fsp3) is 0.421. The van der Waals surface area contributed by atoms with E-state index in [9.17, 15) is 23.5 Å². The average Bonchev–Trinajstić information content (AvgIpc) is 3.13. The van der Waals surface area contributed by atoms with Crippen LogP contribution in [0, 0.1) is 17.0 Å². The third kappa shape index (κ3) is 3.09. The van der Waals surface area contributed by atoms with Gasteiger partial charge in [-0.2, -0.15) is 0 Å². The number of carbonyl (C=O) groups excluding carboxylic acids is 2. The fourth-order valence-corrected chi connectivity index (χ4v) is 3.69. The maximum absolute atomic E-state index is 14.0. The van der Waals surface area contributed by atoms with E-state index in [1.807, 2.05) is 0 Å². The summed E-state index contributed by atoms with van der Waals surface area (Å²) in [7, 11) is 1.15. The van der Waals surface area contributed by atoms with Crippen LogP contribution in [0.4, 0.5) is 8.78 Å². The number of esters is 1. The summed E-state index contributed by atoms with van der Waals surface area (Å²) in [5.74, 6) is -3.99. The molecule has 0 bridgehead atoms. The molecule has 1 aliphatic carbocycles. The zero-order valence-corrected chi connectivity index (χ0v) is 15.0. The van der Waals surface area contributed by atoms with Crippen molar-refractivity contribution in [1.29, 1.82) is 0 Å². The third-order valence-electron chi connectivity index (χ3n) is 5.19. The van der Waals surface area contributed by atoms with Crippen molar-refractivity contribution in [3.8, 4) is 0 Å². The molecule has 0 radical (unpaired) electrons. The molecule has 144 valence electrons. The van der Waals surface area contributed by atoms with E-state index in [1.54, 1.807) is 0 Å². The topological polar surface area (TPSA) is 88.0 Å². The van der Waals surface area contributed by atoms with Crippen molar-refractivity contribution in [3.05, 3.63) is 46.7 Å². The van der Waals surface area contributed by atoms with Crippen LogP contribution < -0.4 is 5.32 Å². The third-order valence-corrected chi connectivity index (χ3v) is 5.19. The highest BCUT2D eigenvalue weighted by molar-refractivity contribution is 6.26. The van der Waals surface area contributed by atoms with Crippen LogP contribution in [0.3, 0.4) is 0 Å². The summed E-state index contributed by atoms with van der Waals surface area (Å²) in [5, 5.41) is 13.3. The van der Waals surface area contributed by atoms with Gasteiger partial charge in [-0.25, -0.2) is 13.6 Å². The number of aliphatic imine (C=N–C) groups is 1. The predicted octanol–water partition coefficient (Wildman–Crippen LogP) is 3.10. The van der Waals surface area contributed by atoms with Crippen molar-refractivity contribution in [2.45, 2.75) is 38.6 Å². The minimum absolute atomic E-state index is 0.0402. The number of methoxy groups -OCH3 is 1. The Morgan fingerprint density at radius 1 is 1.33 bits per heavy atom. The van der Waals surface area contributed by atoms with Gasteiger partial charge in [0.2, 0.25) is 5.91 Å². The normalized spacial score (nSPS) is 21.5. The Balaban J connectivity index is 2.09. The number of halogens is 2. The maximum atomic E-state index is 14.0. The Morgan fingerprint density at radius 2 is 2.00 bits per heavy atom. The van der Waals surface area contributed by atoms with Gasteiger partial charge >= 0.3 is 5.97 Å². The van der Waals surface area contributed by atoms with Crippen LogP contribution in [0.5, 0.6) is 0 Å². The molecule has 3 rings (SSSR count). The highest BCUT2D eigenvalue weighted by Crippen LogP contribution is 2.46. The zero-order valence-electron chi connectivity index (χ0n) is 15.0. The number of amidine groups is 1. The van der Waals surface area contributed by atoms with Gasteiger partial charge in [-0.3, -0.25) is 9.79 Å². The van der Waals surface area contributed by atoms with Crippen LogP contribution in [0.2, 0.25) is 0 Å². The molecule has 1 spiro atoms. The first-order valence-corrected chi connectivity index (χ1v) is 8.67. The zero-order chi connectivity index (χ0) is 19.8. The van der Waals surface area contributed by atoms with Crippen LogP contribution in [0.15, 0.2) is 34.5 Å². The number of hydrogen-bond acceptors (Lipinski definition) is 5. The van der Waals surface area contributed by atoms with Gasteiger partial charge in [0.05, 0.1) is 13.2 Å². The predicted molar refractivity (Wildman–Crippen MR) is 92.9 cm³/mol. The van der Waals surface area contributed by atoms with Gasteiger partial charge in [0.25, 0.3) is 0 Å². The molecule has 6 nitrogen and oxygen atoms in total. The summed E-state index contributed by atoms with van der Waals surface area (Å²) >= 11 is 0. The number of carbonyl (C=O) groups is 2. The van der Waals surface area contributed by atoms with E-state index in [-0.39, 0.29) is 22.7 Å². The molecule has 0 saturated heterocycles. The lowest BCUT2D eigenvalue weighted by Gasteiger charge is -2.33. The van der Waals surface area contributed by atoms with Crippen LogP contribution in [0.25, 0.3) is 0 Å². The minimum Gasteiger partial charge on any atom is -0.510 e. The number of ether oxygens (including phenoxy) is 1. The highest BCUT2D eigenvalue weighted by atomic mass is 19.2. The second-order valence-electron chi connectivity index (χ2n) is 6.76. The Kier molecular flexibility index (Phi) is 4.99. The van der Waals surface area contributed by atoms with E-state index >= 15 is 0 Å². The van der Waals surface area contributed by atoms with E-state index in [0.29, 0.717) is 12.8 Å². The molecule has 1 fully saturated rings. The van der Waals surface area contributed by atoms with Gasteiger partial charge in [-0.1, -0.05) is 25.0 Å². The molecule has 1 aliphatic heterocycles. The first-order chi connectivity index (χ1) is 12.8. The number of aliphatic hydroxyl groups is 1. The molecule has 8 heteroatoms. The van der Waals surface area contributed by atoms with E-state index in [1.165, 1.54) is 19.1 Å². The Morgan fingerprint density at radius 3 is 2.63 bits per heavy atom. The first kappa shape index (κ1) is 19.0. The van der Waals surface area contributed by atoms with E-state index < -0.39 is 35.0 Å². The van der Waals surface area contributed by atoms with Crippen LogP contribution in [-0.4, -0.2) is 29.9 Å². The van der Waals surface area contributed by atoms with Crippen LogP contribution in [0.1, 0.15) is 44.2 Å². The quantitative estimate of drug-likeness (QED) is 0.791. The number of hydrogen-bond donors (Lipinski definition) is 2. The second-order valence-corrected chi connectivity index (χ2v) is 6.76. The molecule has 1 atom stereocenters. The maximum Gasteiger partial charge on any atom is 0.345 e. The number of aliphatic hydroxyl groups excluding tert-OH is 1. The van der Waals surface area contributed by atoms with Gasteiger partial charge in [0.15, 0.2) is 11.6 Å². The second kappa shape index (κ2) is 7.09. The summed E-state index contributed by atoms with van der Waals surface area (Å²) in [5.41, 5.74) is -1.46. The Bertz CT molecular complexity index is 857. The summed E-state index contributed by atoms with van der Waals surface area (Å²) < 4.78 is 32.3. The fourth-order valence-electron chi connectivity index (χ4n) is 3.69. The molecule has 0 aromatic heterocycles. The van der Waals surface area contributed by atoms with Crippen molar-refractivity contribution in [3.63, 3.8) is 0 Å². The van der Waals surface area contributed by atoms with Crippen molar-refractivity contribution < 1.29 is 28.2 Å². The number of benzene rings is 1. The molecular formula is C19H20F2N2O4. The van der Waals surface area contributed by atoms with Gasteiger partial charge in [0, 0.05) is 5.56 Å². The number of nitrogens with zero attached hydrogens (tertiary/aromatic N) is 1. The molecule has 1 aromatic carbocycles. The van der Waals surface area contributed by atoms with Crippen molar-refractivity contribution in [2.24, 2.45) is 10.4 Å². The monoisotopic (exact) mass is 378 g/mol. The van der Waals surface area contributed by atoms with E-state index in [0.717, 1.165) is 26.0 Å². The average molecular weight is 378 g/mol. The summed E-state index contributed by atoms with van der Waals surface area (Å²) in [6.07, 6.45) is 2.30. The van der Waals surface area contributed by atoms with Crippen molar-refractivity contribution in [1.82, 2.24) is 5.32 Å². The molecule has 2 N–H and O–H groups in total. The van der Waals surface area contributed by atoms with E-state index in [2.05, 4.69) is 10.3 Å². The number of amides is 1. The van der Waals surface area contributed by atoms with Crippen molar-refractivity contribution >= 4 is 17.7 Å². The lowest BCUT2D eigenvalue weighted by atomic mass is 9.78. The van der Waals surface area contributed by atoms with Gasteiger partial charge < -0.3 is 15.2 Å². The smallest absolute Gasteiger partial charge is 0.345 e. The number of rotatable bonds is 3. The SMILES string of the molecule is COC(=O)C1=C(O)C2(CCCC2)C(=O)NC1=N[C@@H](C)c1cccc(F)c1F. The van der Waals surface area contributed by atoms with Crippen LogP contribution >= 0.6 is 0 Å². The molecule has 1 saturated carbocycles. The number of nitrogens with one attached hydrogen (secondary N) is 1. The molecule has 2 aliphatic rings. The van der Waals surface area contributed by atoms with Gasteiger partial charge in [-0.05, 0) is 25.8 Å². The van der Waals surface area contributed by atoms with E-state index in [4.69, 9.17) is 4.74 Å². The lowest BCUT2D eigenvalue weighted by molar-refractivity contribution is -0.136. The molecule has 0 unspecified atom stereocenters. The van der Waals surface area contributed by atoms with Crippen molar-refractivity contribution in [2.75, 3.05) is 7.11 Å². The molecule has 1 heterocycles. The summed E-state index contributed by atoms with van der Waals surface area (Å²) in [4.78, 5) is 29.1. The Hall–Kier alpha value is -2.77. The minimum atomic E-state index is -1.17. The lowest BCUT2D eigenvalue weighted by Crippen LogP contribution is -2.51. The van der Waals surface area contributed by atoms with Crippen LogP contribution in [-0.2, 0) is 14.3 Å². The molecule has 27 heavy (non-hydrogen) atoms. The standard InChI is InChI=1S/C19H20F2N2O4/c1-10(11-6-5-7-12(20)14(11)21)22-16-13(17(25)27-2)15(24)19(18(26)23-16)8-3-4-9-19/h5-7,10,24H,3-4,8-9H2,1-2H3,(H,22,23,26)/t10-/m0/s1. The molecular weight excluding hydrogens is 358 g/mol. The molecule has 1 aromatic rings.